The lowest BCUT2D eigenvalue weighted by Crippen LogP contribution is -2.46. The number of Topliss-reactive ketones (excluding diaryl/α,β-unsaturated/α-hetero) is 1. The van der Waals surface area contributed by atoms with Crippen LogP contribution < -0.4 is 0 Å². The first-order chi connectivity index (χ1) is 9.58. The van der Waals surface area contributed by atoms with Gasteiger partial charge in [0.25, 0.3) is 0 Å². The van der Waals surface area contributed by atoms with E-state index in [1.165, 1.54) is 0 Å². The first kappa shape index (κ1) is 17.5. The van der Waals surface area contributed by atoms with E-state index in [0.29, 0.717) is 25.9 Å². The standard InChI is InChI=1S/C14H24O4SSi/c1-5-16-20(17-6-2,18-7-3)11-9-14-13(12(4)15)8-10-19-14/h8,10H,5-7,9,11H2,1-4H3. The van der Waals surface area contributed by atoms with Crippen molar-refractivity contribution >= 4 is 25.9 Å². The summed E-state index contributed by atoms with van der Waals surface area (Å²) in [6, 6.07) is 2.59. The minimum atomic E-state index is -2.61. The average Bonchev–Trinajstić information content (AvgIpc) is 2.86. The predicted molar refractivity (Wildman–Crippen MR) is 83.5 cm³/mol. The molecular weight excluding hydrogens is 292 g/mol. The number of carbonyl (C=O) groups excluding carboxylic acids is 1. The molecule has 0 amide bonds. The minimum absolute atomic E-state index is 0.109. The molecule has 0 N–H and O–H groups in total. The van der Waals surface area contributed by atoms with Crippen LogP contribution in [0.1, 0.15) is 42.9 Å². The van der Waals surface area contributed by atoms with Crippen LogP contribution in [-0.4, -0.2) is 34.4 Å². The molecule has 20 heavy (non-hydrogen) atoms. The second kappa shape index (κ2) is 8.69. The molecule has 1 aromatic rings. The zero-order valence-corrected chi connectivity index (χ0v) is 14.5. The fourth-order valence-electron chi connectivity index (χ4n) is 2.12. The van der Waals surface area contributed by atoms with Crippen LogP contribution in [0.25, 0.3) is 0 Å². The molecule has 0 spiro atoms. The molecule has 4 nitrogen and oxygen atoms in total. The van der Waals surface area contributed by atoms with Gasteiger partial charge in [-0.15, -0.1) is 11.3 Å². The monoisotopic (exact) mass is 316 g/mol. The van der Waals surface area contributed by atoms with Crippen molar-refractivity contribution in [3.8, 4) is 0 Å². The Hall–Kier alpha value is -0.533. The van der Waals surface area contributed by atoms with Gasteiger partial charge in [-0.3, -0.25) is 4.79 Å². The number of hydrogen-bond acceptors (Lipinski definition) is 5. The Morgan fingerprint density at radius 1 is 1.15 bits per heavy atom. The molecule has 0 aromatic carbocycles. The summed E-state index contributed by atoms with van der Waals surface area (Å²) in [7, 11) is -2.61. The molecule has 0 unspecified atom stereocenters. The summed E-state index contributed by atoms with van der Waals surface area (Å²) >= 11 is 1.61. The van der Waals surface area contributed by atoms with Crippen molar-refractivity contribution in [2.45, 2.75) is 40.2 Å². The second-order valence-electron chi connectivity index (χ2n) is 4.30. The quantitative estimate of drug-likeness (QED) is 0.489. The van der Waals surface area contributed by atoms with Crippen molar-refractivity contribution in [3.05, 3.63) is 21.9 Å². The van der Waals surface area contributed by atoms with Gasteiger partial charge in [0.05, 0.1) is 0 Å². The SMILES string of the molecule is CCO[Si](CCc1sccc1C(C)=O)(OCC)OCC. The summed E-state index contributed by atoms with van der Waals surface area (Å²) in [5, 5.41) is 1.96. The highest BCUT2D eigenvalue weighted by molar-refractivity contribution is 7.10. The van der Waals surface area contributed by atoms with E-state index in [0.717, 1.165) is 16.9 Å². The molecule has 1 rings (SSSR count). The predicted octanol–water partition coefficient (Wildman–Crippen LogP) is 3.54. The number of ketones is 1. The highest BCUT2D eigenvalue weighted by atomic mass is 32.1. The zero-order valence-electron chi connectivity index (χ0n) is 12.7. The fraction of sp³-hybridized carbons (Fsp3) is 0.643. The minimum Gasteiger partial charge on any atom is -0.374 e. The van der Waals surface area contributed by atoms with Crippen LogP contribution in [0.3, 0.4) is 0 Å². The maximum absolute atomic E-state index is 11.6. The van der Waals surface area contributed by atoms with Crippen molar-refractivity contribution in [2.75, 3.05) is 19.8 Å². The summed E-state index contributed by atoms with van der Waals surface area (Å²) in [5.74, 6) is 0.109. The zero-order chi connectivity index (χ0) is 15.0. The van der Waals surface area contributed by atoms with Gasteiger partial charge in [-0.25, -0.2) is 0 Å². The molecule has 114 valence electrons. The van der Waals surface area contributed by atoms with Crippen molar-refractivity contribution < 1.29 is 18.1 Å². The summed E-state index contributed by atoms with van der Waals surface area (Å²) < 4.78 is 17.5. The molecule has 1 aromatic heterocycles. The normalized spacial score (nSPS) is 11.8. The lowest BCUT2D eigenvalue weighted by Gasteiger charge is -2.28. The van der Waals surface area contributed by atoms with Crippen LogP contribution >= 0.6 is 11.3 Å². The van der Waals surface area contributed by atoms with Gasteiger partial charge in [0.1, 0.15) is 0 Å². The molecule has 0 saturated heterocycles. The fourth-order valence-corrected chi connectivity index (χ4v) is 5.78. The third-order valence-electron chi connectivity index (χ3n) is 2.88. The number of thiophene rings is 1. The third-order valence-corrected chi connectivity index (χ3v) is 6.90. The highest BCUT2D eigenvalue weighted by Gasteiger charge is 2.40. The molecule has 0 fully saturated rings. The van der Waals surface area contributed by atoms with Crippen molar-refractivity contribution in [2.24, 2.45) is 0 Å². The van der Waals surface area contributed by atoms with Gasteiger partial charge in [0, 0.05) is 36.3 Å². The van der Waals surface area contributed by atoms with Gasteiger partial charge in [0.15, 0.2) is 5.78 Å². The van der Waals surface area contributed by atoms with E-state index in [4.69, 9.17) is 13.3 Å². The largest absolute Gasteiger partial charge is 0.501 e. The van der Waals surface area contributed by atoms with E-state index in [1.54, 1.807) is 18.3 Å². The second-order valence-corrected chi connectivity index (χ2v) is 8.03. The van der Waals surface area contributed by atoms with Crippen LogP contribution in [0.15, 0.2) is 11.4 Å². The first-order valence-corrected chi connectivity index (χ1v) is 9.88. The Labute approximate surface area is 126 Å². The maximum atomic E-state index is 11.6. The Balaban J connectivity index is 2.78. The molecule has 0 saturated carbocycles. The van der Waals surface area contributed by atoms with Gasteiger partial charge in [-0.05, 0) is 45.6 Å². The number of aryl methyl sites for hydroxylation is 1. The summed E-state index contributed by atoms with van der Waals surface area (Å²) in [5.41, 5.74) is 0.808. The van der Waals surface area contributed by atoms with E-state index < -0.39 is 8.80 Å². The van der Waals surface area contributed by atoms with Gasteiger partial charge in [-0.2, -0.15) is 0 Å². The smallest absolute Gasteiger partial charge is 0.374 e. The van der Waals surface area contributed by atoms with Gasteiger partial charge >= 0.3 is 8.80 Å². The molecule has 0 radical (unpaired) electrons. The van der Waals surface area contributed by atoms with E-state index in [-0.39, 0.29) is 5.78 Å². The lowest BCUT2D eigenvalue weighted by molar-refractivity contribution is 0.0714. The Morgan fingerprint density at radius 3 is 2.15 bits per heavy atom. The summed E-state index contributed by atoms with van der Waals surface area (Å²) in [4.78, 5) is 12.6. The number of hydrogen-bond donors (Lipinski definition) is 0. The summed E-state index contributed by atoms with van der Waals surface area (Å²) in [6.45, 7) is 9.19. The molecule has 0 aliphatic rings. The molecule has 6 heteroatoms. The van der Waals surface area contributed by atoms with E-state index in [2.05, 4.69) is 0 Å². The number of rotatable bonds is 10. The molecule has 1 heterocycles. The van der Waals surface area contributed by atoms with Crippen LogP contribution in [0, 0.1) is 0 Å². The Kier molecular flexibility index (Phi) is 7.61. The maximum Gasteiger partial charge on any atom is 0.501 e. The Bertz CT molecular complexity index is 402. The van der Waals surface area contributed by atoms with E-state index in [1.807, 2.05) is 32.2 Å². The topological polar surface area (TPSA) is 44.8 Å². The van der Waals surface area contributed by atoms with Gasteiger partial charge < -0.3 is 13.3 Å². The first-order valence-electron chi connectivity index (χ1n) is 7.07. The molecule has 0 aliphatic carbocycles. The molecule has 0 aliphatic heterocycles. The van der Waals surface area contributed by atoms with Crippen molar-refractivity contribution in [1.29, 1.82) is 0 Å². The lowest BCUT2D eigenvalue weighted by atomic mass is 10.1. The van der Waals surface area contributed by atoms with Gasteiger partial charge in [0.2, 0.25) is 0 Å². The molecule has 0 atom stereocenters. The molecule has 0 bridgehead atoms. The van der Waals surface area contributed by atoms with Crippen LogP contribution in [-0.2, 0) is 19.7 Å². The van der Waals surface area contributed by atoms with Crippen LogP contribution in [0.5, 0.6) is 0 Å². The van der Waals surface area contributed by atoms with Gasteiger partial charge in [-0.1, -0.05) is 0 Å². The van der Waals surface area contributed by atoms with Crippen molar-refractivity contribution in [1.82, 2.24) is 0 Å². The van der Waals surface area contributed by atoms with E-state index >= 15 is 0 Å². The Morgan fingerprint density at radius 2 is 1.70 bits per heavy atom. The van der Waals surface area contributed by atoms with Crippen LogP contribution in [0.2, 0.25) is 6.04 Å². The molecular formula is C14H24O4SSi. The number of carbonyl (C=O) groups is 1. The third kappa shape index (κ3) is 4.78. The van der Waals surface area contributed by atoms with E-state index in [9.17, 15) is 4.79 Å². The highest BCUT2D eigenvalue weighted by Crippen LogP contribution is 2.24. The van der Waals surface area contributed by atoms with Crippen LogP contribution in [0.4, 0.5) is 0 Å². The average molecular weight is 316 g/mol. The van der Waals surface area contributed by atoms with Crippen molar-refractivity contribution in [3.63, 3.8) is 0 Å². The summed E-state index contributed by atoms with van der Waals surface area (Å²) in [6.07, 6.45) is 0.763.